The Balaban J connectivity index is 2.14. The van der Waals surface area contributed by atoms with Gasteiger partial charge in [0.15, 0.2) is 0 Å². The Morgan fingerprint density at radius 1 is 1.28 bits per heavy atom. The van der Waals surface area contributed by atoms with Crippen molar-refractivity contribution < 1.29 is 5.11 Å². The van der Waals surface area contributed by atoms with Crippen molar-refractivity contribution in [1.29, 1.82) is 0 Å². The van der Waals surface area contributed by atoms with Gasteiger partial charge in [-0.1, -0.05) is 35.9 Å². The van der Waals surface area contributed by atoms with Gasteiger partial charge in [0.05, 0.1) is 6.10 Å². The van der Waals surface area contributed by atoms with E-state index in [1.54, 1.807) is 24.9 Å². The molecule has 2 nitrogen and oxygen atoms in total. The van der Waals surface area contributed by atoms with E-state index in [0.29, 0.717) is 0 Å². The lowest BCUT2D eigenvalue weighted by atomic mass is 10.2. The number of aliphatic hydroxyl groups is 1. The van der Waals surface area contributed by atoms with Crippen LogP contribution in [0.1, 0.15) is 24.2 Å². The Morgan fingerprint density at radius 2 is 2.06 bits per heavy atom. The maximum absolute atomic E-state index is 9.68. The molecule has 1 N–H and O–H groups in total. The zero-order valence-corrected chi connectivity index (χ0v) is 11.6. The van der Waals surface area contributed by atoms with E-state index in [2.05, 4.69) is 4.98 Å². The van der Waals surface area contributed by atoms with Crippen LogP contribution in [-0.2, 0) is 5.75 Å². The molecule has 0 unspecified atom stereocenters. The summed E-state index contributed by atoms with van der Waals surface area (Å²) in [5.74, 6) is 0.746. The third kappa shape index (κ3) is 3.25. The Bertz CT molecular complexity index is 531. The Labute approximate surface area is 116 Å². The number of nitrogens with zero attached hydrogens (tertiary/aromatic N) is 1. The number of pyridine rings is 1. The first-order chi connectivity index (χ1) is 8.68. The van der Waals surface area contributed by atoms with Crippen molar-refractivity contribution in [1.82, 2.24) is 4.98 Å². The highest BCUT2D eigenvalue weighted by atomic mass is 35.5. The molecular formula is C14H14ClNOS. The molecule has 18 heavy (non-hydrogen) atoms. The first-order valence-corrected chi connectivity index (χ1v) is 7.04. The summed E-state index contributed by atoms with van der Waals surface area (Å²) in [6, 6.07) is 11.5. The molecule has 1 aromatic heterocycles. The normalized spacial score (nSPS) is 12.4. The number of hydrogen-bond acceptors (Lipinski definition) is 3. The molecule has 2 aromatic rings. The van der Waals surface area contributed by atoms with Gasteiger partial charge in [0.2, 0.25) is 0 Å². The summed E-state index contributed by atoms with van der Waals surface area (Å²) in [5, 5.41) is 11.3. The summed E-state index contributed by atoms with van der Waals surface area (Å²) >= 11 is 7.70. The summed E-state index contributed by atoms with van der Waals surface area (Å²) in [6.45, 7) is 1.75. The van der Waals surface area contributed by atoms with E-state index < -0.39 is 6.10 Å². The molecule has 0 saturated heterocycles. The Kier molecular flexibility index (Phi) is 4.64. The molecule has 0 saturated carbocycles. The first kappa shape index (κ1) is 13.4. The lowest BCUT2D eigenvalue weighted by Gasteiger charge is -2.10. The van der Waals surface area contributed by atoms with Gasteiger partial charge in [-0.25, -0.2) is 4.98 Å². The van der Waals surface area contributed by atoms with Gasteiger partial charge < -0.3 is 5.11 Å². The number of benzene rings is 1. The summed E-state index contributed by atoms with van der Waals surface area (Å²) < 4.78 is 0. The molecule has 4 heteroatoms. The van der Waals surface area contributed by atoms with Crippen molar-refractivity contribution in [3.63, 3.8) is 0 Å². The van der Waals surface area contributed by atoms with Crippen LogP contribution in [-0.4, -0.2) is 10.1 Å². The van der Waals surface area contributed by atoms with Crippen LogP contribution < -0.4 is 0 Å². The van der Waals surface area contributed by atoms with Crippen LogP contribution in [0.2, 0.25) is 5.02 Å². The standard InChI is InChI=1S/C14H14ClNOS/c1-10(17)12-6-4-8-16-14(12)18-9-11-5-2-3-7-13(11)15/h2-8,10,17H,9H2,1H3/t10-/m1/s1. The molecule has 2 rings (SSSR count). The van der Waals surface area contributed by atoms with Gasteiger partial charge in [0.25, 0.3) is 0 Å². The van der Waals surface area contributed by atoms with Gasteiger partial charge in [-0.3, -0.25) is 0 Å². The lowest BCUT2D eigenvalue weighted by Crippen LogP contribution is -1.96. The van der Waals surface area contributed by atoms with Crippen LogP contribution in [0.15, 0.2) is 47.6 Å². The molecule has 0 fully saturated rings. The largest absolute Gasteiger partial charge is 0.389 e. The van der Waals surface area contributed by atoms with Gasteiger partial charge in [-0.05, 0) is 24.6 Å². The van der Waals surface area contributed by atoms with Crippen LogP contribution in [0.3, 0.4) is 0 Å². The number of hydrogen-bond donors (Lipinski definition) is 1. The molecule has 0 aliphatic heterocycles. The third-order valence-electron chi connectivity index (χ3n) is 2.57. The fourth-order valence-corrected chi connectivity index (χ4v) is 2.97. The van der Waals surface area contributed by atoms with Crippen LogP contribution in [0.4, 0.5) is 0 Å². The maximum atomic E-state index is 9.68. The minimum atomic E-state index is -0.507. The van der Waals surface area contributed by atoms with Crippen molar-refractivity contribution >= 4 is 23.4 Å². The van der Waals surface area contributed by atoms with Gasteiger partial charge >= 0.3 is 0 Å². The number of rotatable bonds is 4. The van der Waals surface area contributed by atoms with E-state index in [1.165, 1.54) is 0 Å². The number of aromatic nitrogens is 1. The topological polar surface area (TPSA) is 33.1 Å². The van der Waals surface area contributed by atoms with Gasteiger partial charge in [-0.2, -0.15) is 0 Å². The molecule has 1 heterocycles. The molecule has 0 spiro atoms. The minimum absolute atomic E-state index is 0.507. The fraction of sp³-hybridized carbons (Fsp3) is 0.214. The van der Waals surface area contributed by atoms with Crippen LogP contribution in [0.5, 0.6) is 0 Å². The van der Waals surface area contributed by atoms with Gasteiger partial charge in [0, 0.05) is 22.5 Å². The smallest absolute Gasteiger partial charge is 0.102 e. The molecule has 94 valence electrons. The lowest BCUT2D eigenvalue weighted by molar-refractivity contribution is 0.195. The minimum Gasteiger partial charge on any atom is -0.389 e. The molecule has 0 aliphatic rings. The fourth-order valence-electron chi connectivity index (χ4n) is 1.60. The number of aliphatic hydroxyl groups excluding tert-OH is 1. The van der Waals surface area contributed by atoms with E-state index in [0.717, 1.165) is 26.9 Å². The highest BCUT2D eigenvalue weighted by Crippen LogP contribution is 2.29. The quantitative estimate of drug-likeness (QED) is 0.856. The summed E-state index contributed by atoms with van der Waals surface area (Å²) in [7, 11) is 0. The number of halogens is 1. The van der Waals surface area contributed by atoms with Crippen molar-refractivity contribution in [2.24, 2.45) is 0 Å². The third-order valence-corrected chi connectivity index (χ3v) is 4.01. The maximum Gasteiger partial charge on any atom is 0.102 e. The monoisotopic (exact) mass is 279 g/mol. The average molecular weight is 280 g/mol. The molecular weight excluding hydrogens is 266 g/mol. The van der Waals surface area contributed by atoms with Crippen molar-refractivity contribution in [2.45, 2.75) is 23.8 Å². The first-order valence-electron chi connectivity index (χ1n) is 5.67. The summed E-state index contributed by atoms with van der Waals surface area (Å²) in [6.07, 6.45) is 1.23. The second-order valence-corrected chi connectivity index (χ2v) is 5.33. The SMILES string of the molecule is C[C@@H](O)c1cccnc1SCc1ccccc1Cl. The van der Waals surface area contributed by atoms with Crippen LogP contribution in [0.25, 0.3) is 0 Å². The summed E-state index contributed by atoms with van der Waals surface area (Å²) in [5.41, 5.74) is 1.93. The van der Waals surface area contributed by atoms with E-state index in [4.69, 9.17) is 11.6 Å². The van der Waals surface area contributed by atoms with Crippen molar-refractivity contribution in [3.05, 3.63) is 58.7 Å². The molecule has 1 atom stereocenters. The van der Waals surface area contributed by atoms with Crippen LogP contribution in [0, 0.1) is 0 Å². The second kappa shape index (κ2) is 6.23. The molecule has 0 radical (unpaired) electrons. The zero-order chi connectivity index (χ0) is 13.0. The van der Waals surface area contributed by atoms with E-state index in [9.17, 15) is 5.11 Å². The number of thioether (sulfide) groups is 1. The van der Waals surface area contributed by atoms with E-state index in [-0.39, 0.29) is 0 Å². The van der Waals surface area contributed by atoms with E-state index >= 15 is 0 Å². The second-order valence-electron chi connectivity index (χ2n) is 3.95. The summed E-state index contributed by atoms with van der Waals surface area (Å²) in [4.78, 5) is 4.30. The predicted molar refractivity (Wildman–Crippen MR) is 75.9 cm³/mol. The molecule has 1 aromatic carbocycles. The van der Waals surface area contributed by atoms with Crippen molar-refractivity contribution in [3.8, 4) is 0 Å². The van der Waals surface area contributed by atoms with Crippen molar-refractivity contribution in [2.75, 3.05) is 0 Å². The predicted octanol–water partition coefficient (Wildman–Crippen LogP) is 4.08. The molecule has 0 bridgehead atoms. The Hall–Kier alpha value is -1.03. The highest BCUT2D eigenvalue weighted by molar-refractivity contribution is 7.98. The Morgan fingerprint density at radius 3 is 2.78 bits per heavy atom. The molecule has 0 aliphatic carbocycles. The molecule has 0 amide bonds. The van der Waals surface area contributed by atoms with Gasteiger partial charge in [-0.15, -0.1) is 11.8 Å². The van der Waals surface area contributed by atoms with E-state index in [1.807, 2.05) is 36.4 Å². The van der Waals surface area contributed by atoms with Crippen LogP contribution >= 0.6 is 23.4 Å². The highest BCUT2D eigenvalue weighted by Gasteiger charge is 2.09. The zero-order valence-electron chi connectivity index (χ0n) is 10.0. The van der Waals surface area contributed by atoms with Gasteiger partial charge in [0.1, 0.15) is 5.03 Å². The average Bonchev–Trinajstić information content (AvgIpc) is 2.38.